The molecule has 0 heterocycles. The molecule has 1 rings (SSSR count). The molecule has 3 heteroatoms. The van der Waals surface area contributed by atoms with Crippen molar-refractivity contribution in [3.63, 3.8) is 0 Å². The third-order valence-electron chi connectivity index (χ3n) is 3.50. The fraction of sp³-hybridized carbons (Fsp3) is 0.923. The van der Waals surface area contributed by atoms with Crippen LogP contribution in [0, 0.1) is 11.3 Å². The maximum atomic E-state index is 8.24. The topological polar surface area (TPSA) is 30.3 Å². The Hall–Kier alpha value is -0.570. The van der Waals surface area contributed by atoms with Crippen LogP contribution in [0.1, 0.15) is 39.0 Å². The van der Waals surface area contributed by atoms with E-state index in [1.54, 1.807) is 0 Å². The molecule has 0 radical (unpaired) electrons. The average Bonchev–Trinajstić information content (AvgIpc) is 2.76. The van der Waals surface area contributed by atoms with Crippen LogP contribution in [-0.2, 0) is 0 Å². The zero-order valence-electron chi connectivity index (χ0n) is 11.1. The van der Waals surface area contributed by atoms with Gasteiger partial charge in [-0.1, -0.05) is 12.8 Å². The Labute approximate surface area is 100 Å². The van der Waals surface area contributed by atoms with Gasteiger partial charge in [0, 0.05) is 19.0 Å². The minimum atomic E-state index is 0.555. The predicted molar refractivity (Wildman–Crippen MR) is 70.1 cm³/mol. The first-order valence-corrected chi connectivity index (χ1v) is 6.63. The van der Waals surface area contributed by atoms with Gasteiger partial charge in [0.15, 0.2) is 0 Å². The molecule has 0 bridgehead atoms. The maximum absolute atomic E-state index is 8.24. The SMILES string of the molecule is CCN(CCCN(C)C)C(=N)C1CCCC1. The molecule has 3 nitrogen and oxygen atoms in total. The molecular weight excluding hydrogens is 198 g/mol. The highest BCUT2D eigenvalue weighted by atomic mass is 15.2. The number of nitrogens with zero attached hydrogens (tertiary/aromatic N) is 2. The molecule has 0 atom stereocenters. The highest BCUT2D eigenvalue weighted by molar-refractivity contribution is 5.81. The van der Waals surface area contributed by atoms with E-state index in [0.717, 1.165) is 31.9 Å². The molecule has 0 unspecified atom stereocenters. The van der Waals surface area contributed by atoms with E-state index in [9.17, 15) is 0 Å². The molecule has 0 saturated heterocycles. The van der Waals surface area contributed by atoms with Gasteiger partial charge >= 0.3 is 0 Å². The van der Waals surface area contributed by atoms with Gasteiger partial charge in [-0.2, -0.15) is 0 Å². The molecule has 0 spiro atoms. The summed E-state index contributed by atoms with van der Waals surface area (Å²) < 4.78 is 0. The second kappa shape index (κ2) is 6.89. The van der Waals surface area contributed by atoms with Crippen LogP contribution in [0.25, 0.3) is 0 Å². The van der Waals surface area contributed by atoms with E-state index in [4.69, 9.17) is 5.41 Å². The van der Waals surface area contributed by atoms with Gasteiger partial charge in [-0.15, -0.1) is 0 Å². The average molecular weight is 225 g/mol. The van der Waals surface area contributed by atoms with E-state index in [1.165, 1.54) is 25.7 Å². The van der Waals surface area contributed by atoms with Gasteiger partial charge in [-0.05, 0) is 46.8 Å². The minimum absolute atomic E-state index is 0.555. The highest BCUT2D eigenvalue weighted by Gasteiger charge is 2.22. The van der Waals surface area contributed by atoms with Crippen LogP contribution < -0.4 is 0 Å². The molecule has 1 aliphatic carbocycles. The lowest BCUT2D eigenvalue weighted by Crippen LogP contribution is -2.36. The van der Waals surface area contributed by atoms with E-state index in [-0.39, 0.29) is 0 Å². The van der Waals surface area contributed by atoms with Crippen LogP contribution >= 0.6 is 0 Å². The molecule has 0 aromatic heterocycles. The van der Waals surface area contributed by atoms with E-state index < -0.39 is 0 Å². The first-order valence-electron chi connectivity index (χ1n) is 6.63. The van der Waals surface area contributed by atoms with E-state index >= 15 is 0 Å². The first-order chi connectivity index (χ1) is 7.65. The summed E-state index contributed by atoms with van der Waals surface area (Å²) in [4.78, 5) is 4.48. The third-order valence-corrected chi connectivity index (χ3v) is 3.50. The van der Waals surface area contributed by atoms with Gasteiger partial charge < -0.3 is 9.80 Å². The van der Waals surface area contributed by atoms with Gasteiger partial charge in [-0.3, -0.25) is 5.41 Å². The lowest BCUT2D eigenvalue weighted by molar-refractivity contribution is 0.344. The van der Waals surface area contributed by atoms with Crippen molar-refractivity contribution in [3.8, 4) is 0 Å². The Balaban J connectivity index is 2.31. The summed E-state index contributed by atoms with van der Waals surface area (Å²) >= 11 is 0. The van der Waals surface area contributed by atoms with Gasteiger partial charge in [-0.25, -0.2) is 0 Å². The van der Waals surface area contributed by atoms with Crippen LogP contribution in [0.2, 0.25) is 0 Å². The van der Waals surface area contributed by atoms with Crippen LogP contribution in [0.15, 0.2) is 0 Å². The summed E-state index contributed by atoms with van der Waals surface area (Å²) in [5.74, 6) is 1.46. The summed E-state index contributed by atoms with van der Waals surface area (Å²) in [5, 5.41) is 8.24. The Morgan fingerprint density at radius 1 is 1.19 bits per heavy atom. The number of amidine groups is 1. The van der Waals surface area contributed by atoms with Crippen molar-refractivity contribution in [2.24, 2.45) is 5.92 Å². The van der Waals surface area contributed by atoms with Crippen molar-refractivity contribution < 1.29 is 0 Å². The van der Waals surface area contributed by atoms with E-state index in [2.05, 4.69) is 30.8 Å². The van der Waals surface area contributed by atoms with Gasteiger partial charge in [0.25, 0.3) is 0 Å². The summed E-state index contributed by atoms with van der Waals surface area (Å²) in [6.45, 7) is 5.32. The molecule has 1 N–H and O–H groups in total. The number of hydrogen-bond acceptors (Lipinski definition) is 2. The van der Waals surface area contributed by atoms with Crippen molar-refractivity contribution in [2.45, 2.75) is 39.0 Å². The van der Waals surface area contributed by atoms with Crippen LogP contribution in [0.5, 0.6) is 0 Å². The van der Waals surface area contributed by atoms with E-state index in [1.807, 2.05) is 0 Å². The van der Waals surface area contributed by atoms with Crippen molar-refractivity contribution in [3.05, 3.63) is 0 Å². The van der Waals surface area contributed by atoms with Gasteiger partial charge in [0.05, 0.1) is 5.84 Å². The molecule has 0 aliphatic heterocycles. The molecular formula is C13H27N3. The Kier molecular flexibility index (Phi) is 5.81. The molecule has 94 valence electrons. The molecule has 1 fully saturated rings. The molecule has 1 aliphatic rings. The normalized spacial score (nSPS) is 17.0. The summed E-state index contributed by atoms with van der Waals surface area (Å²) in [7, 11) is 4.22. The summed E-state index contributed by atoms with van der Waals surface area (Å²) in [5.41, 5.74) is 0. The number of hydrogen-bond donors (Lipinski definition) is 1. The summed E-state index contributed by atoms with van der Waals surface area (Å²) in [6, 6.07) is 0. The molecule has 0 amide bonds. The van der Waals surface area contributed by atoms with Crippen molar-refractivity contribution in [2.75, 3.05) is 33.7 Å². The summed E-state index contributed by atoms with van der Waals surface area (Å²) in [6.07, 6.45) is 6.28. The van der Waals surface area contributed by atoms with Crippen molar-refractivity contribution in [1.82, 2.24) is 9.80 Å². The number of rotatable bonds is 6. The Morgan fingerprint density at radius 3 is 2.31 bits per heavy atom. The highest BCUT2D eigenvalue weighted by Crippen LogP contribution is 2.26. The molecule has 0 aromatic rings. The molecule has 16 heavy (non-hydrogen) atoms. The second-order valence-corrected chi connectivity index (χ2v) is 5.10. The fourth-order valence-electron chi connectivity index (χ4n) is 2.48. The standard InChI is InChI=1S/C13H27N3/c1-4-16(11-7-10-15(2)3)13(14)12-8-5-6-9-12/h12,14H,4-11H2,1-3H3. The Bertz CT molecular complexity index is 207. The Morgan fingerprint density at radius 2 is 1.81 bits per heavy atom. The second-order valence-electron chi connectivity index (χ2n) is 5.10. The molecule has 1 saturated carbocycles. The largest absolute Gasteiger partial charge is 0.361 e. The lowest BCUT2D eigenvalue weighted by atomic mass is 10.1. The zero-order chi connectivity index (χ0) is 12.0. The van der Waals surface area contributed by atoms with E-state index in [0.29, 0.717) is 5.92 Å². The first kappa shape index (κ1) is 13.5. The van der Waals surface area contributed by atoms with Crippen LogP contribution in [0.3, 0.4) is 0 Å². The zero-order valence-corrected chi connectivity index (χ0v) is 11.1. The molecule has 0 aromatic carbocycles. The van der Waals surface area contributed by atoms with Gasteiger partial charge in [0.1, 0.15) is 0 Å². The van der Waals surface area contributed by atoms with Crippen LogP contribution in [0.4, 0.5) is 0 Å². The predicted octanol–water partition coefficient (Wildman–Crippen LogP) is 2.43. The fourth-order valence-corrected chi connectivity index (χ4v) is 2.48. The third kappa shape index (κ3) is 4.12. The van der Waals surface area contributed by atoms with Crippen LogP contribution in [-0.4, -0.2) is 49.4 Å². The minimum Gasteiger partial charge on any atom is -0.361 e. The number of nitrogens with one attached hydrogen (secondary N) is 1. The van der Waals surface area contributed by atoms with Gasteiger partial charge in [0.2, 0.25) is 0 Å². The monoisotopic (exact) mass is 225 g/mol. The quantitative estimate of drug-likeness (QED) is 0.556. The smallest absolute Gasteiger partial charge is 0.0989 e. The van der Waals surface area contributed by atoms with Crippen molar-refractivity contribution in [1.29, 1.82) is 5.41 Å². The lowest BCUT2D eigenvalue weighted by Gasteiger charge is -2.27. The van der Waals surface area contributed by atoms with Crippen molar-refractivity contribution >= 4 is 5.84 Å². The maximum Gasteiger partial charge on any atom is 0.0989 e.